The van der Waals surface area contributed by atoms with Crippen molar-refractivity contribution >= 4 is 16.7 Å². The Morgan fingerprint density at radius 2 is 1.61 bits per heavy atom. The maximum atomic E-state index is 13.1. The Balaban J connectivity index is 1.72. The van der Waals surface area contributed by atoms with Crippen LogP contribution < -0.4 is 10.6 Å². The number of benzene rings is 1. The maximum Gasteiger partial charge on any atom is 0.416 e. The molecule has 0 spiro atoms. The van der Waals surface area contributed by atoms with Gasteiger partial charge in [0.05, 0.1) is 11.1 Å². The number of hydrogen-bond donors (Lipinski definition) is 2. The molecular weight excluding hydrogens is 474 g/mol. The predicted molar refractivity (Wildman–Crippen MR) is 110 cm³/mol. The van der Waals surface area contributed by atoms with Crippen LogP contribution in [0.2, 0.25) is 0 Å². The fourth-order valence-electron chi connectivity index (χ4n) is 4.41. The molecule has 5 nitrogen and oxygen atoms in total. The van der Waals surface area contributed by atoms with Gasteiger partial charge in [0.2, 0.25) is 5.91 Å². The molecule has 0 bridgehead atoms. The average Bonchev–Trinajstić information content (AvgIpc) is 3.16. The quantitative estimate of drug-likeness (QED) is 0.584. The smallest absolute Gasteiger partial charge is 0.381 e. The van der Waals surface area contributed by atoms with Crippen molar-refractivity contribution in [1.29, 1.82) is 0 Å². The van der Waals surface area contributed by atoms with Gasteiger partial charge in [-0.3, -0.25) is 9.00 Å². The third kappa shape index (κ3) is 6.27. The average molecular weight is 501 g/mol. The first kappa shape index (κ1) is 26.0. The molecule has 186 valence electrons. The summed E-state index contributed by atoms with van der Waals surface area (Å²) in [6.07, 6.45) is -5.74. The lowest BCUT2D eigenvalue weighted by Gasteiger charge is -2.29. The number of alkyl halides is 6. The minimum absolute atomic E-state index is 0.0391. The number of carbonyl (C=O) groups is 1. The van der Waals surface area contributed by atoms with Crippen molar-refractivity contribution in [2.24, 2.45) is 0 Å². The van der Waals surface area contributed by atoms with Gasteiger partial charge in [0.25, 0.3) is 0 Å². The van der Waals surface area contributed by atoms with Crippen molar-refractivity contribution in [2.45, 2.75) is 67.8 Å². The van der Waals surface area contributed by atoms with Crippen molar-refractivity contribution in [3.63, 3.8) is 0 Å². The van der Waals surface area contributed by atoms with Crippen LogP contribution in [-0.2, 0) is 39.2 Å². The van der Waals surface area contributed by atoms with E-state index < -0.39 is 51.5 Å². The summed E-state index contributed by atoms with van der Waals surface area (Å²) in [7, 11) is -1.59. The maximum absolute atomic E-state index is 13.1. The van der Waals surface area contributed by atoms with E-state index >= 15 is 0 Å². The van der Waals surface area contributed by atoms with Crippen LogP contribution >= 0.6 is 0 Å². The van der Waals surface area contributed by atoms with Gasteiger partial charge in [-0.05, 0) is 55.9 Å². The van der Waals surface area contributed by atoms with Crippen molar-refractivity contribution < 1.29 is 40.1 Å². The molecule has 1 amide bonds. The lowest BCUT2D eigenvalue weighted by molar-refractivity contribution is -0.143. The topological polar surface area (TPSA) is 67.4 Å². The standard InChI is InChI=1S/C21H26F6N2O3S/c1-33(31)19(5-2-17(11-19)29-16-3-6-32-7-4-16)18(30)28-12-13-8-14(20(22,23)24)10-15(9-13)21(25,26)27/h8-10,16-17,29H,2-7,11-12H2,1H3,(H,28,30)/t17-,19?,33?/m1/s1. The minimum atomic E-state index is -4.97. The lowest BCUT2D eigenvalue weighted by Crippen LogP contribution is -2.49. The molecule has 2 fully saturated rings. The van der Waals surface area contributed by atoms with Crippen LogP contribution in [0.4, 0.5) is 26.3 Å². The summed E-state index contributed by atoms with van der Waals surface area (Å²) in [4.78, 5) is 13.0. The van der Waals surface area contributed by atoms with E-state index in [9.17, 15) is 35.3 Å². The molecule has 1 aliphatic carbocycles. The molecule has 3 rings (SSSR count). The molecule has 1 saturated carbocycles. The van der Waals surface area contributed by atoms with Crippen LogP contribution in [0.1, 0.15) is 48.8 Å². The molecule has 3 atom stereocenters. The van der Waals surface area contributed by atoms with E-state index in [0.717, 1.165) is 12.8 Å². The predicted octanol–water partition coefficient (Wildman–Crippen LogP) is 3.78. The zero-order chi connectivity index (χ0) is 24.4. The van der Waals surface area contributed by atoms with Crippen LogP contribution in [0.15, 0.2) is 18.2 Å². The first-order chi connectivity index (χ1) is 15.3. The molecule has 2 aliphatic rings. The van der Waals surface area contributed by atoms with Gasteiger partial charge in [-0.1, -0.05) is 0 Å². The van der Waals surface area contributed by atoms with Gasteiger partial charge in [-0.15, -0.1) is 0 Å². The number of amides is 1. The van der Waals surface area contributed by atoms with E-state index in [1.807, 2.05) is 0 Å². The molecule has 0 radical (unpaired) electrons. The van der Waals surface area contributed by atoms with Gasteiger partial charge in [-0.2, -0.15) is 26.3 Å². The third-order valence-corrected chi connectivity index (χ3v) is 7.89. The number of carbonyl (C=O) groups excluding carboxylic acids is 1. The lowest BCUT2D eigenvalue weighted by atomic mass is 10.0. The van der Waals surface area contributed by atoms with Crippen molar-refractivity contribution in [3.05, 3.63) is 34.9 Å². The van der Waals surface area contributed by atoms with Crippen LogP contribution in [-0.4, -0.2) is 46.4 Å². The summed E-state index contributed by atoms with van der Waals surface area (Å²) in [6, 6.07) is 1.36. The molecule has 1 heterocycles. The summed E-state index contributed by atoms with van der Waals surface area (Å²) in [5, 5.41) is 5.89. The van der Waals surface area contributed by atoms with Gasteiger partial charge in [0, 0.05) is 48.9 Å². The Morgan fingerprint density at radius 3 is 2.12 bits per heavy atom. The van der Waals surface area contributed by atoms with Crippen LogP contribution in [0.3, 0.4) is 0 Å². The molecule has 1 aliphatic heterocycles. The highest BCUT2D eigenvalue weighted by Crippen LogP contribution is 2.38. The van der Waals surface area contributed by atoms with E-state index in [4.69, 9.17) is 4.74 Å². The number of nitrogens with one attached hydrogen (secondary N) is 2. The van der Waals surface area contributed by atoms with Crippen molar-refractivity contribution in [3.8, 4) is 0 Å². The minimum Gasteiger partial charge on any atom is -0.381 e. The van der Waals surface area contributed by atoms with Gasteiger partial charge in [-0.25, -0.2) is 0 Å². The van der Waals surface area contributed by atoms with Crippen molar-refractivity contribution in [1.82, 2.24) is 10.6 Å². The summed E-state index contributed by atoms with van der Waals surface area (Å²) in [5.41, 5.74) is -3.23. The Bertz CT molecular complexity index is 853. The molecule has 2 N–H and O–H groups in total. The largest absolute Gasteiger partial charge is 0.416 e. The summed E-state index contributed by atoms with van der Waals surface area (Å²) in [6.45, 7) is 0.724. The SMILES string of the molecule is CS(=O)C1(C(=O)NCc2cc(C(F)(F)F)cc(C(F)(F)F)c2)CC[C@@H](NC2CCOCC2)C1. The second kappa shape index (κ2) is 9.91. The van der Waals surface area contributed by atoms with Gasteiger partial charge >= 0.3 is 12.4 Å². The first-order valence-electron chi connectivity index (χ1n) is 10.6. The van der Waals surface area contributed by atoms with E-state index in [1.165, 1.54) is 6.26 Å². The summed E-state index contributed by atoms with van der Waals surface area (Å²) >= 11 is 0. The number of rotatable bonds is 6. The van der Waals surface area contributed by atoms with E-state index in [1.54, 1.807) is 0 Å². The van der Waals surface area contributed by atoms with Gasteiger partial charge < -0.3 is 15.4 Å². The molecule has 33 heavy (non-hydrogen) atoms. The molecular formula is C21H26F6N2O3S. The Hall–Kier alpha value is -1.66. The first-order valence-corrected chi connectivity index (χ1v) is 12.1. The molecule has 2 unspecified atom stereocenters. The Labute approximate surface area is 190 Å². The highest BCUT2D eigenvalue weighted by atomic mass is 32.2. The fourth-order valence-corrected chi connectivity index (χ4v) is 5.59. The number of ether oxygens (including phenoxy) is 1. The van der Waals surface area contributed by atoms with Crippen LogP contribution in [0, 0.1) is 0 Å². The van der Waals surface area contributed by atoms with Gasteiger partial charge in [0.15, 0.2) is 0 Å². The zero-order valence-electron chi connectivity index (χ0n) is 17.9. The Kier molecular flexibility index (Phi) is 7.79. The second-order valence-corrected chi connectivity index (χ2v) is 10.2. The zero-order valence-corrected chi connectivity index (χ0v) is 18.8. The van der Waals surface area contributed by atoms with Gasteiger partial charge in [0.1, 0.15) is 4.75 Å². The van der Waals surface area contributed by atoms with E-state index in [0.29, 0.717) is 38.2 Å². The molecule has 1 saturated heterocycles. The third-order valence-electron chi connectivity index (χ3n) is 6.23. The normalized spacial score (nSPS) is 25.7. The van der Waals surface area contributed by atoms with E-state index in [-0.39, 0.29) is 30.1 Å². The second-order valence-electron chi connectivity index (χ2n) is 8.54. The number of hydrogen-bond acceptors (Lipinski definition) is 4. The molecule has 1 aromatic rings. The summed E-state index contributed by atoms with van der Waals surface area (Å²) < 4.78 is 95.0. The molecule has 1 aromatic carbocycles. The monoisotopic (exact) mass is 500 g/mol. The Morgan fingerprint density at radius 1 is 1.03 bits per heavy atom. The highest BCUT2D eigenvalue weighted by Gasteiger charge is 2.49. The van der Waals surface area contributed by atoms with Crippen LogP contribution in [0.25, 0.3) is 0 Å². The van der Waals surface area contributed by atoms with E-state index in [2.05, 4.69) is 10.6 Å². The fraction of sp³-hybridized carbons (Fsp3) is 0.667. The van der Waals surface area contributed by atoms with Crippen molar-refractivity contribution in [2.75, 3.05) is 19.5 Å². The summed E-state index contributed by atoms with van der Waals surface area (Å²) in [5.74, 6) is -0.634. The number of halogens is 6. The molecule has 12 heteroatoms. The molecule has 0 aromatic heterocycles. The highest BCUT2D eigenvalue weighted by molar-refractivity contribution is 7.86. The van der Waals surface area contributed by atoms with Crippen LogP contribution in [0.5, 0.6) is 0 Å².